The fraction of sp³-hybridized carbons (Fsp3) is 0.147. The number of ether oxygens (including phenoxy) is 2. The van der Waals surface area contributed by atoms with Crippen molar-refractivity contribution in [3.8, 4) is 17.2 Å². The molecule has 11 heteroatoms. The van der Waals surface area contributed by atoms with E-state index in [4.69, 9.17) is 24.6 Å². The van der Waals surface area contributed by atoms with E-state index < -0.39 is 17.8 Å². The maximum absolute atomic E-state index is 13.6. The van der Waals surface area contributed by atoms with Gasteiger partial charge in [-0.25, -0.2) is 14.7 Å². The molecule has 0 saturated heterocycles. The number of para-hydroxylation sites is 3. The lowest BCUT2D eigenvalue weighted by molar-refractivity contribution is -0.137. The third kappa shape index (κ3) is 4.86. The molecule has 4 aromatic carbocycles. The quantitative estimate of drug-likeness (QED) is 0.219. The van der Waals surface area contributed by atoms with Crippen LogP contribution in [0.4, 0.5) is 36.1 Å². The van der Waals surface area contributed by atoms with E-state index in [2.05, 4.69) is 5.32 Å². The first-order chi connectivity index (χ1) is 21.8. The van der Waals surface area contributed by atoms with Gasteiger partial charge in [-0.1, -0.05) is 42.5 Å². The highest BCUT2D eigenvalue weighted by Crippen LogP contribution is 2.49. The molecular weight excluding hydrogens is 581 g/mol. The first-order valence-electron chi connectivity index (χ1n) is 14.1. The number of hydrogen-bond donors (Lipinski definition) is 1. The largest absolute Gasteiger partial charge is 0.493 e. The zero-order valence-electron chi connectivity index (χ0n) is 24.5. The number of anilines is 2. The lowest BCUT2D eigenvalue weighted by Crippen LogP contribution is -2.46. The van der Waals surface area contributed by atoms with Crippen LogP contribution in [0.25, 0.3) is 5.69 Å². The second-order valence-corrected chi connectivity index (χ2v) is 10.5. The molecule has 5 aromatic rings. The summed E-state index contributed by atoms with van der Waals surface area (Å²) in [5.41, 5.74) is 4.19. The fourth-order valence-corrected chi connectivity index (χ4v) is 5.80. The average molecular weight is 609 g/mol. The molecule has 226 valence electrons. The number of rotatable bonds is 5. The Morgan fingerprint density at radius 3 is 2.31 bits per heavy atom. The van der Waals surface area contributed by atoms with Gasteiger partial charge in [-0.3, -0.25) is 0 Å². The van der Waals surface area contributed by atoms with Crippen molar-refractivity contribution >= 4 is 34.6 Å². The topological polar surface area (TPSA) is 76.3 Å². The van der Waals surface area contributed by atoms with Crippen LogP contribution in [-0.4, -0.2) is 35.7 Å². The van der Waals surface area contributed by atoms with Crippen LogP contribution in [0.15, 0.2) is 107 Å². The number of halogens is 3. The molecule has 1 unspecified atom stereocenters. The van der Waals surface area contributed by atoms with Crippen LogP contribution in [0.5, 0.6) is 11.5 Å². The van der Waals surface area contributed by atoms with Crippen LogP contribution in [0, 0.1) is 6.92 Å². The van der Waals surface area contributed by atoms with Gasteiger partial charge < -0.3 is 19.7 Å². The summed E-state index contributed by atoms with van der Waals surface area (Å²) in [6.07, 6.45) is -4.50. The van der Waals surface area contributed by atoms with Crippen molar-refractivity contribution in [1.82, 2.24) is 9.78 Å². The summed E-state index contributed by atoms with van der Waals surface area (Å²) in [6.45, 7) is 1.94. The van der Waals surface area contributed by atoms with Crippen LogP contribution >= 0.6 is 0 Å². The molecule has 45 heavy (non-hydrogen) atoms. The van der Waals surface area contributed by atoms with Crippen LogP contribution in [-0.2, 0) is 6.18 Å². The Labute approximate surface area is 257 Å². The van der Waals surface area contributed by atoms with Gasteiger partial charge in [-0.05, 0) is 67.1 Å². The number of benzene rings is 4. The number of aromatic nitrogens is 2. The van der Waals surface area contributed by atoms with Gasteiger partial charge in [0.05, 0.1) is 48.6 Å². The minimum absolute atomic E-state index is 0.229. The molecule has 3 heterocycles. The Hall–Kier alpha value is -5.58. The summed E-state index contributed by atoms with van der Waals surface area (Å²) in [5, 5.41) is 8.06. The molecule has 1 atom stereocenters. The summed E-state index contributed by atoms with van der Waals surface area (Å²) < 4.78 is 53.9. The number of aryl methyl sites for hydroxylation is 1. The summed E-state index contributed by atoms with van der Waals surface area (Å²) in [4.78, 5) is 12.0. The van der Waals surface area contributed by atoms with E-state index in [-0.39, 0.29) is 5.69 Å². The van der Waals surface area contributed by atoms with Gasteiger partial charge in [0.1, 0.15) is 0 Å². The molecule has 1 N–H and O–H groups in total. The predicted octanol–water partition coefficient (Wildman–Crippen LogP) is 8.01. The summed E-state index contributed by atoms with van der Waals surface area (Å²) >= 11 is 0. The second kappa shape index (κ2) is 10.8. The number of amidine groups is 2. The molecule has 0 saturated carbocycles. The average Bonchev–Trinajstić information content (AvgIpc) is 3.39. The van der Waals surface area contributed by atoms with Crippen molar-refractivity contribution in [3.63, 3.8) is 0 Å². The lowest BCUT2D eigenvalue weighted by atomic mass is 9.93. The van der Waals surface area contributed by atoms with Gasteiger partial charge in [0, 0.05) is 11.3 Å². The number of aliphatic imine (C=N–C) groups is 2. The van der Waals surface area contributed by atoms with Crippen LogP contribution < -0.4 is 19.7 Å². The Bertz CT molecular complexity index is 1980. The zero-order chi connectivity index (χ0) is 31.3. The molecule has 0 bridgehead atoms. The highest BCUT2D eigenvalue weighted by atomic mass is 19.4. The maximum Gasteiger partial charge on any atom is 0.416 e. The number of methoxy groups -OCH3 is 2. The number of fused-ring (bicyclic) bond motifs is 4. The number of hydrogen-bond acceptors (Lipinski definition) is 7. The van der Waals surface area contributed by atoms with Gasteiger partial charge in [0.25, 0.3) is 0 Å². The van der Waals surface area contributed by atoms with Crippen molar-refractivity contribution < 1.29 is 22.6 Å². The molecule has 0 fully saturated rings. The summed E-state index contributed by atoms with van der Waals surface area (Å²) in [6, 6.07) is 27.6. The first kappa shape index (κ1) is 28.2. The van der Waals surface area contributed by atoms with Crippen molar-refractivity contribution in [2.24, 2.45) is 9.98 Å². The molecule has 7 rings (SSSR count). The van der Waals surface area contributed by atoms with E-state index in [1.807, 2.05) is 84.6 Å². The van der Waals surface area contributed by atoms with E-state index >= 15 is 0 Å². The first-order valence-corrected chi connectivity index (χ1v) is 14.1. The molecule has 1 aromatic heterocycles. The maximum atomic E-state index is 13.6. The molecular formula is C34H27F3N6O2. The molecule has 0 amide bonds. The minimum Gasteiger partial charge on any atom is -0.493 e. The highest BCUT2D eigenvalue weighted by molar-refractivity contribution is 6.51. The van der Waals surface area contributed by atoms with E-state index in [0.29, 0.717) is 34.7 Å². The van der Waals surface area contributed by atoms with Gasteiger partial charge in [-0.2, -0.15) is 18.3 Å². The smallest absolute Gasteiger partial charge is 0.416 e. The monoisotopic (exact) mass is 608 g/mol. The molecule has 0 radical (unpaired) electrons. The summed E-state index contributed by atoms with van der Waals surface area (Å²) in [7, 11) is 3.16. The Balaban J connectivity index is 1.48. The minimum atomic E-state index is -4.50. The number of nitrogens with zero attached hydrogens (tertiary/aromatic N) is 5. The highest BCUT2D eigenvalue weighted by Gasteiger charge is 2.42. The third-order valence-electron chi connectivity index (χ3n) is 7.82. The standard InChI is InChI=1S/C34H27F3N6O2/c1-20-29-30(21-16-17-27(44-2)28(18-21)45-3)42-26-15-8-7-14-25(26)39-31(38-23-11-9-10-22(19-23)34(35,36)37)33(42)40-32(29)43(41-20)24-12-5-4-6-13-24/h4-19,30H,1-3H3,(H,38,39). The molecule has 8 nitrogen and oxygen atoms in total. The van der Waals surface area contributed by atoms with Gasteiger partial charge in [-0.15, -0.1) is 0 Å². The van der Waals surface area contributed by atoms with E-state index in [0.717, 1.165) is 40.3 Å². The van der Waals surface area contributed by atoms with Crippen molar-refractivity contribution in [2.75, 3.05) is 24.4 Å². The Morgan fingerprint density at radius 2 is 1.56 bits per heavy atom. The predicted molar refractivity (Wildman–Crippen MR) is 168 cm³/mol. The SMILES string of the molecule is COc1ccc(C2c3c(C)nn(-c4ccccc4)c3N=C3C(Nc4cccc(C(F)(F)F)c4)=Nc4ccccc4N32)cc1OC. The van der Waals surface area contributed by atoms with Crippen LogP contribution in [0.2, 0.25) is 0 Å². The normalized spacial score (nSPS) is 15.3. The van der Waals surface area contributed by atoms with Crippen LogP contribution in [0.3, 0.4) is 0 Å². The summed E-state index contributed by atoms with van der Waals surface area (Å²) in [5.74, 6) is 2.44. The second-order valence-electron chi connectivity index (χ2n) is 10.5. The molecule has 0 spiro atoms. The van der Waals surface area contributed by atoms with Gasteiger partial charge in [0.15, 0.2) is 29.0 Å². The fourth-order valence-electron chi connectivity index (χ4n) is 5.80. The lowest BCUT2D eigenvalue weighted by Gasteiger charge is -2.40. The molecule has 2 aliphatic rings. The van der Waals surface area contributed by atoms with E-state index in [9.17, 15) is 13.2 Å². The third-order valence-corrected chi connectivity index (χ3v) is 7.82. The van der Waals surface area contributed by atoms with Crippen molar-refractivity contribution in [3.05, 3.63) is 119 Å². The Morgan fingerprint density at radius 1 is 0.800 bits per heavy atom. The van der Waals surface area contributed by atoms with Crippen molar-refractivity contribution in [1.29, 1.82) is 0 Å². The van der Waals surface area contributed by atoms with Gasteiger partial charge in [0.2, 0.25) is 0 Å². The number of alkyl halides is 3. The Kier molecular flexibility index (Phi) is 6.80. The molecule has 2 aliphatic heterocycles. The van der Waals surface area contributed by atoms with Crippen molar-refractivity contribution in [2.45, 2.75) is 19.1 Å². The molecule has 0 aliphatic carbocycles. The zero-order valence-corrected chi connectivity index (χ0v) is 24.5. The number of nitrogens with one attached hydrogen (secondary N) is 1. The van der Waals surface area contributed by atoms with E-state index in [1.165, 1.54) is 6.07 Å². The van der Waals surface area contributed by atoms with Gasteiger partial charge >= 0.3 is 6.18 Å². The van der Waals surface area contributed by atoms with Crippen LogP contribution in [0.1, 0.15) is 28.4 Å². The van der Waals surface area contributed by atoms with E-state index in [1.54, 1.807) is 25.0 Å².